The number of hydrogen-bond acceptors (Lipinski definition) is 8. The predicted octanol–water partition coefficient (Wildman–Crippen LogP) is 10.2. The molecule has 0 aliphatic rings. The van der Waals surface area contributed by atoms with Crippen LogP contribution in [-0.2, 0) is 38.4 Å². The van der Waals surface area contributed by atoms with Gasteiger partial charge in [-0.25, -0.2) is 0 Å². The fraction of sp³-hybridized carbons (Fsp3) is 0.830. The van der Waals surface area contributed by atoms with Crippen LogP contribution in [0, 0.1) is 35.5 Å². The van der Waals surface area contributed by atoms with Crippen LogP contribution in [0.15, 0.2) is 0 Å². The average Bonchev–Trinajstić information content (AvgIpc) is 3.20. The quantitative estimate of drug-likeness (QED) is 0.0263. The summed E-state index contributed by atoms with van der Waals surface area (Å²) in [6.07, 6.45) is 18.3. The molecule has 0 rings (SSSR count). The maximum Gasteiger partial charge on any atom is 0.306 e. The lowest BCUT2D eigenvalue weighted by atomic mass is 9.90. The standard InChI is InChI=1S/C47H80O16/c48-40(49)31-19-2-1-8-20-34(42(52)53)21-9-3-10-22-35(43(54)55)23-11-4-12-24-36(44(56)57)25-13-5-14-26-37(45(58)59)27-15-6-16-28-38(46(60)61)29-17-7-18-30-39(47(62)63)32-33-41(50)51/h34-39H,1-33H2,(H,48,49)(H,50,51)(H,52,53)(H,54,55)(H,56,57)(H,58,59)(H,60,61)(H,62,63)/t34-,35-,36-,37-,38-,39-/m0/s1. The van der Waals surface area contributed by atoms with Gasteiger partial charge in [0.15, 0.2) is 0 Å². The fourth-order valence-electron chi connectivity index (χ4n) is 8.46. The SMILES string of the molecule is O=C(O)CCCCCC[C@@H](CCCCC[C@@H](CCCCC[C@@H](CCCCC[C@@H](CCCCC[C@@H](CCCCC[C@@H](CCC(=O)O)C(=O)O)C(=O)O)C(=O)O)C(=O)O)C(=O)O)C(=O)O. The molecule has 0 heterocycles. The van der Waals surface area contributed by atoms with Crippen molar-refractivity contribution in [1.29, 1.82) is 0 Å². The molecule has 8 N–H and O–H groups in total. The van der Waals surface area contributed by atoms with Crippen molar-refractivity contribution in [1.82, 2.24) is 0 Å². The van der Waals surface area contributed by atoms with Gasteiger partial charge in [-0.15, -0.1) is 0 Å². The molecule has 0 spiro atoms. The van der Waals surface area contributed by atoms with Gasteiger partial charge < -0.3 is 40.9 Å². The first kappa shape index (κ1) is 58.8. The Morgan fingerprint density at radius 2 is 0.365 bits per heavy atom. The molecule has 16 nitrogen and oxygen atoms in total. The summed E-state index contributed by atoms with van der Waals surface area (Å²) in [7, 11) is 0. The van der Waals surface area contributed by atoms with Gasteiger partial charge in [-0.2, -0.15) is 0 Å². The fourth-order valence-corrected chi connectivity index (χ4v) is 8.46. The summed E-state index contributed by atoms with van der Waals surface area (Å²) >= 11 is 0. The number of carbonyl (C=O) groups is 8. The second-order valence-electron chi connectivity index (χ2n) is 17.7. The monoisotopic (exact) mass is 901 g/mol. The summed E-state index contributed by atoms with van der Waals surface area (Å²) in [5, 5.41) is 75.2. The Morgan fingerprint density at radius 3 is 0.540 bits per heavy atom. The number of carboxylic acid groups (broad SMARTS) is 8. The molecule has 0 fully saturated rings. The van der Waals surface area contributed by atoms with Gasteiger partial charge in [0.1, 0.15) is 0 Å². The minimum Gasteiger partial charge on any atom is -0.481 e. The van der Waals surface area contributed by atoms with Crippen LogP contribution in [0.1, 0.15) is 212 Å². The molecular weight excluding hydrogens is 821 g/mol. The maximum atomic E-state index is 11.9. The van der Waals surface area contributed by atoms with Gasteiger partial charge in [-0.05, 0) is 83.5 Å². The lowest BCUT2D eigenvalue weighted by Gasteiger charge is -2.15. The highest BCUT2D eigenvalue weighted by atomic mass is 16.4. The Balaban J connectivity index is 4.33. The molecular formula is C47H80O16. The van der Waals surface area contributed by atoms with Crippen LogP contribution < -0.4 is 0 Å². The second kappa shape index (κ2) is 37.2. The topological polar surface area (TPSA) is 298 Å². The van der Waals surface area contributed by atoms with Crippen LogP contribution in [0.3, 0.4) is 0 Å². The molecule has 364 valence electrons. The summed E-state index contributed by atoms with van der Waals surface area (Å²) in [6.45, 7) is 0. The van der Waals surface area contributed by atoms with Crippen molar-refractivity contribution in [2.24, 2.45) is 35.5 Å². The zero-order valence-electron chi connectivity index (χ0n) is 37.6. The molecule has 0 radical (unpaired) electrons. The van der Waals surface area contributed by atoms with E-state index >= 15 is 0 Å². The summed E-state index contributed by atoms with van der Waals surface area (Å²) in [6, 6.07) is 0. The van der Waals surface area contributed by atoms with Gasteiger partial charge >= 0.3 is 47.8 Å². The van der Waals surface area contributed by atoms with Crippen molar-refractivity contribution in [3.63, 3.8) is 0 Å². The Hall–Kier alpha value is -4.24. The molecule has 0 aliphatic heterocycles. The summed E-state index contributed by atoms with van der Waals surface area (Å²) in [4.78, 5) is 91.8. The highest BCUT2D eigenvalue weighted by Crippen LogP contribution is 2.26. The number of carboxylic acids is 8. The van der Waals surface area contributed by atoms with Crippen LogP contribution in [0.4, 0.5) is 0 Å². The second-order valence-corrected chi connectivity index (χ2v) is 17.7. The number of unbranched alkanes of at least 4 members (excludes halogenated alkanes) is 13. The Labute approximate surface area is 373 Å². The van der Waals surface area contributed by atoms with Crippen molar-refractivity contribution >= 4 is 47.8 Å². The van der Waals surface area contributed by atoms with E-state index in [1.165, 1.54) is 0 Å². The van der Waals surface area contributed by atoms with Crippen molar-refractivity contribution in [3.8, 4) is 0 Å². The molecule has 63 heavy (non-hydrogen) atoms. The van der Waals surface area contributed by atoms with Crippen LogP contribution in [0.2, 0.25) is 0 Å². The van der Waals surface area contributed by atoms with Gasteiger partial charge in [0.25, 0.3) is 0 Å². The lowest BCUT2D eigenvalue weighted by Crippen LogP contribution is -2.16. The Morgan fingerprint density at radius 1 is 0.206 bits per heavy atom. The van der Waals surface area contributed by atoms with Crippen LogP contribution in [0.5, 0.6) is 0 Å². The van der Waals surface area contributed by atoms with Gasteiger partial charge in [0.2, 0.25) is 0 Å². The third kappa shape index (κ3) is 33.0. The summed E-state index contributed by atoms with van der Waals surface area (Å²) in [5.41, 5.74) is 0. The molecule has 0 aromatic carbocycles. The molecule has 16 heteroatoms. The van der Waals surface area contributed by atoms with E-state index in [2.05, 4.69) is 0 Å². The largest absolute Gasteiger partial charge is 0.481 e. The molecule has 0 aromatic heterocycles. The average molecular weight is 901 g/mol. The van der Waals surface area contributed by atoms with Crippen molar-refractivity contribution in [2.45, 2.75) is 212 Å². The molecule has 0 saturated heterocycles. The van der Waals surface area contributed by atoms with Crippen molar-refractivity contribution in [2.75, 3.05) is 0 Å². The van der Waals surface area contributed by atoms with E-state index in [0.29, 0.717) is 161 Å². The summed E-state index contributed by atoms with van der Waals surface area (Å²) < 4.78 is 0. The van der Waals surface area contributed by atoms with Gasteiger partial charge in [0, 0.05) is 12.8 Å². The van der Waals surface area contributed by atoms with E-state index in [1.807, 2.05) is 0 Å². The third-order valence-electron chi connectivity index (χ3n) is 12.5. The first-order chi connectivity index (χ1) is 30.0. The maximum absolute atomic E-state index is 11.9. The molecule has 6 atom stereocenters. The molecule has 0 aliphatic carbocycles. The van der Waals surface area contributed by atoms with Crippen molar-refractivity contribution < 1.29 is 79.2 Å². The van der Waals surface area contributed by atoms with Crippen molar-refractivity contribution in [3.05, 3.63) is 0 Å². The van der Waals surface area contributed by atoms with Gasteiger partial charge in [0.05, 0.1) is 35.5 Å². The number of rotatable bonds is 46. The predicted molar refractivity (Wildman–Crippen MR) is 234 cm³/mol. The Bertz CT molecular complexity index is 1330. The van der Waals surface area contributed by atoms with Gasteiger partial charge in [-0.1, -0.05) is 116 Å². The highest BCUT2D eigenvalue weighted by Gasteiger charge is 2.23. The van der Waals surface area contributed by atoms with E-state index < -0.39 is 83.3 Å². The van der Waals surface area contributed by atoms with E-state index in [1.54, 1.807) is 0 Å². The molecule has 0 amide bonds. The zero-order chi connectivity index (χ0) is 47.4. The number of hydrogen-bond donors (Lipinski definition) is 8. The molecule has 0 unspecified atom stereocenters. The zero-order valence-corrected chi connectivity index (χ0v) is 37.6. The van der Waals surface area contributed by atoms with Crippen LogP contribution >= 0.6 is 0 Å². The first-order valence-electron chi connectivity index (χ1n) is 23.8. The van der Waals surface area contributed by atoms with E-state index in [9.17, 15) is 69.0 Å². The molecule has 0 aromatic rings. The molecule has 0 bridgehead atoms. The summed E-state index contributed by atoms with van der Waals surface area (Å²) in [5.74, 6) is -10.5. The van der Waals surface area contributed by atoms with E-state index in [4.69, 9.17) is 10.2 Å². The normalized spacial score (nSPS) is 14.2. The minimum absolute atomic E-state index is 0.0679. The lowest BCUT2D eigenvalue weighted by molar-refractivity contribution is -0.144. The van der Waals surface area contributed by atoms with E-state index in [0.717, 1.165) is 32.1 Å². The first-order valence-corrected chi connectivity index (χ1v) is 23.8. The molecule has 0 saturated carbocycles. The third-order valence-corrected chi connectivity index (χ3v) is 12.5. The smallest absolute Gasteiger partial charge is 0.306 e. The van der Waals surface area contributed by atoms with Crippen LogP contribution in [-0.4, -0.2) is 88.6 Å². The minimum atomic E-state index is -1.04. The van der Waals surface area contributed by atoms with Crippen LogP contribution in [0.25, 0.3) is 0 Å². The highest BCUT2D eigenvalue weighted by molar-refractivity contribution is 5.73. The van der Waals surface area contributed by atoms with Gasteiger partial charge in [-0.3, -0.25) is 38.4 Å². The van der Waals surface area contributed by atoms with E-state index in [-0.39, 0.29) is 19.3 Å². The number of aliphatic carboxylic acids is 8. The Kier molecular flexibility index (Phi) is 34.7.